The topological polar surface area (TPSA) is 57.4 Å². The molecule has 0 fully saturated rings. The highest BCUT2D eigenvalue weighted by Gasteiger charge is 2.02. The van der Waals surface area contributed by atoms with Crippen LogP contribution in [0.25, 0.3) is 0 Å². The van der Waals surface area contributed by atoms with E-state index in [4.69, 9.17) is 15.2 Å². The molecular weight excluding hydrogens is 204 g/mol. The summed E-state index contributed by atoms with van der Waals surface area (Å²) in [5.41, 5.74) is 6.68. The average Bonchev–Trinajstić information content (AvgIpc) is 2.27. The third-order valence-electron chi connectivity index (χ3n) is 2.22. The van der Waals surface area contributed by atoms with Gasteiger partial charge in [-0.1, -0.05) is 0 Å². The second-order valence-corrected chi connectivity index (χ2v) is 4.02. The molecule has 0 saturated carbocycles. The number of aromatic nitrogens is 1. The molecule has 0 aliphatic carbocycles. The van der Waals surface area contributed by atoms with Crippen LogP contribution in [0.4, 0.5) is 0 Å². The van der Waals surface area contributed by atoms with Gasteiger partial charge in [0.1, 0.15) is 12.4 Å². The van der Waals surface area contributed by atoms with Gasteiger partial charge in [0.15, 0.2) is 0 Å². The van der Waals surface area contributed by atoms with Crippen molar-refractivity contribution in [1.29, 1.82) is 0 Å². The fourth-order valence-electron chi connectivity index (χ4n) is 1.23. The second kappa shape index (κ2) is 6.45. The minimum Gasteiger partial charge on any atom is -0.489 e. The van der Waals surface area contributed by atoms with Crippen molar-refractivity contribution < 1.29 is 9.47 Å². The Labute approximate surface area is 96.8 Å². The van der Waals surface area contributed by atoms with Crippen LogP contribution in [0.2, 0.25) is 0 Å². The van der Waals surface area contributed by atoms with Gasteiger partial charge in [-0.25, -0.2) is 0 Å². The van der Waals surface area contributed by atoms with Gasteiger partial charge in [-0.3, -0.25) is 4.98 Å². The van der Waals surface area contributed by atoms with E-state index >= 15 is 0 Å². The van der Waals surface area contributed by atoms with E-state index in [9.17, 15) is 0 Å². The van der Waals surface area contributed by atoms with E-state index in [-0.39, 0.29) is 12.1 Å². The molecule has 0 aliphatic rings. The molecule has 2 unspecified atom stereocenters. The van der Waals surface area contributed by atoms with Gasteiger partial charge in [0.25, 0.3) is 0 Å². The summed E-state index contributed by atoms with van der Waals surface area (Å²) in [5, 5.41) is 0. The van der Waals surface area contributed by atoms with Crippen molar-refractivity contribution in [3.63, 3.8) is 0 Å². The van der Waals surface area contributed by atoms with Crippen molar-refractivity contribution in [3.8, 4) is 5.75 Å². The summed E-state index contributed by atoms with van der Waals surface area (Å²) in [6, 6.07) is 3.98. The van der Waals surface area contributed by atoms with Crippen LogP contribution in [-0.4, -0.2) is 30.8 Å². The summed E-state index contributed by atoms with van der Waals surface area (Å²) in [4.78, 5) is 4.28. The Hall–Kier alpha value is -1.13. The van der Waals surface area contributed by atoms with Crippen LogP contribution in [0.15, 0.2) is 18.3 Å². The number of hydrogen-bond donors (Lipinski definition) is 1. The van der Waals surface area contributed by atoms with Gasteiger partial charge < -0.3 is 15.2 Å². The minimum absolute atomic E-state index is 0.0868. The smallest absolute Gasteiger partial charge is 0.137 e. The van der Waals surface area contributed by atoms with Gasteiger partial charge >= 0.3 is 0 Å². The fraction of sp³-hybridized carbons (Fsp3) is 0.583. The lowest BCUT2D eigenvalue weighted by Crippen LogP contribution is -2.18. The molecule has 1 aromatic rings. The molecule has 0 radical (unpaired) electrons. The van der Waals surface area contributed by atoms with Crippen LogP contribution >= 0.6 is 0 Å². The van der Waals surface area contributed by atoms with E-state index in [1.165, 1.54) is 0 Å². The first-order valence-corrected chi connectivity index (χ1v) is 5.48. The second-order valence-electron chi connectivity index (χ2n) is 4.02. The molecule has 1 rings (SSSR count). The number of nitrogens with zero attached hydrogens (tertiary/aromatic N) is 1. The monoisotopic (exact) mass is 224 g/mol. The van der Waals surface area contributed by atoms with E-state index in [0.29, 0.717) is 6.61 Å². The maximum atomic E-state index is 5.69. The van der Waals surface area contributed by atoms with E-state index in [1.807, 2.05) is 26.0 Å². The van der Waals surface area contributed by atoms with Crippen LogP contribution in [0.1, 0.15) is 19.5 Å². The predicted octanol–water partition coefficient (Wildman–Crippen LogP) is 1.38. The SMILES string of the molecule is COC(C)COc1ccc(CC(C)N)nc1. The molecule has 0 aromatic carbocycles. The van der Waals surface area contributed by atoms with Crippen molar-refractivity contribution >= 4 is 0 Å². The first kappa shape index (κ1) is 12.9. The molecule has 0 saturated heterocycles. The Balaban J connectivity index is 2.45. The third-order valence-corrected chi connectivity index (χ3v) is 2.22. The van der Waals surface area contributed by atoms with Gasteiger partial charge in [0.05, 0.1) is 12.3 Å². The molecule has 4 nitrogen and oxygen atoms in total. The van der Waals surface area contributed by atoms with Gasteiger partial charge in [0.2, 0.25) is 0 Å². The van der Waals surface area contributed by atoms with Crippen molar-refractivity contribution in [1.82, 2.24) is 4.98 Å². The molecule has 0 bridgehead atoms. The van der Waals surface area contributed by atoms with Gasteiger partial charge in [-0.15, -0.1) is 0 Å². The van der Waals surface area contributed by atoms with Crippen molar-refractivity contribution in [2.24, 2.45) is 5.73 Å². The Bertz CT molecular complexity index is 298. The normalized spacial score (nSPS) is 14.5. The highest BCUT2D eigenvalue weighted by atomic mass is 16.5. The lowest BCUT2D eigenvalue weighted by molar-refractivity contribution is 0.0715. The number of ether oxygens (including phenoxy) is 2. The van der Waals surface area contributed by atoms with Gasteiger partial charge in [0, 0.05) is 25.3 Å². The zero-order valence-electron chi connectivity index (χ0n) is 10.1. The summed E-state index contributed by atoms with van der Waals surface area (Å²) in [7, 11) is 1.66. The molecule has 1 aromatic heterocycles. The largest absolute Gasteiger partial charge is 0.489 e. The Morgan fingerprint density at radius 2 is 2.12 bits per heavy atom. The summed E-state index contributed by atoms with van der Waals surface area (Å²) in [6.45, 7) is 4.45. The molecule has 90 valence electrons. The average molecular weight is 224 g/mol. The lowest BCUT2D eigenvalue weighted by atomic mass is 10.2. The molecular formula is C12H20N2O2. The van der Waals surface area contributed by atoms with Gasteiger partial charge in [-0.2, -0.15) is 0 Å². The van der Waals surface area contributed by atoms with E-state index in [0.717, 1.165) is 17.9 Å². The van der Waals surface area contributed by atoms with E-state index in [2.05, 4.69) is 4.98 Å². The number of pyridine rings is 1. The van der Waals surface area contributed by atoms with Crippen LogP contribution in [0.5, 0.6) is 5.75 Å². The molecule has 0 aliphatic heterocycles. The van der Waals surface area contributed by atoms with E-state index < -0.39 is 0 Å². The number of nitrogens with two attached hydrogens (primary N) is 1. The maximum absolute atomic E-state index is 5.69. The molecule has 2 N–H and O–H groups in total. The molecule has 1 heterocycles. The molecule has 0 spiro atoms. The van der Waals surface area contributed by atoms with Crippen LogP contribution in [-0.2, 0) is 11.2 Å². The molecule has 16 heavy (non-hydrogen) atoms. The van der Waals surface area contributed by atoms with Gasteiger partial charge in [-0.05, 0) is 26.0 Å². The number of hydrogen-bond acceptors (Lipinski definition) is 4. The zero-order valence-corrected chi connectivity index (χ0v) is 10.1. The first-order chi connectivity index (χ1) is 7.61. The number of rotatable bonds is 6. The quantitative estimate of drug-likeness (QED) is 0.793. The van der Waals surface area contributed by atoms with Crippen LogP contribution < -0.4 is 10.5 Å². The molecule has 4 heteroatoms. The summed E-state index contributed by atoms with van der Waals surface area (Å²) in [6.07, 6.45) is 2.60. The maximum Gasteiger partial charge on any atom is 0.137 e. The first-order valence-electron chi connectivity index (χ1n) is 5.48. The van der Waals surface area contributed by atoms with Crippen LogP contribution in [0, 0.1) is 0 Å². The summed E-state index contributed by atoms with van der Waals surface area (Å²) < 4.78 is 10.6. The standard InChI is InChI=1S/C12H20N2O2/c1-9(13)6-11-4-5-12(7-14-11)16-8-10(2)15-3/h4-5,7,9-10H,6,8,13H2,1-3H3. The molecule has 0 amide bonds. The van der Waals surface area contributed by atoms with E-state index in [1.54, 1.807) is 13.3 Å². The number of methoxy groups -OCH3 is 1. The zero-order chi connectivity index (χ0) is 12.0. The highest BCUT2D eigenvalue weighted by molar-refractivity contribution is 5.20. The Kier molecular flexibility index (Phi) is 5.22. The van der Waals surface area contributed by atoms with Crippen molar-refractivity contribution in [2.75, 3.05) is 13.7 Å². The predicted molar refractivity (Wildman–Crippen MR) is 63.6 cm³/mol. The summed E-state index contributed by atoms with van der Waals surface area (Å²) in [5.74, 6) is 0.761. The molecule has 2 atom stereocenters. The minimum atomic E-state index is 0.0868. The lowest BCUT2D eigenvalue weighted by Gasteiger charge is -2.11. The van der Waals surface area contributed by atoms with Crippen LogP contribution in [0.3, 0.4) is 0 Å². The Morgan fingerprint density at radius 1 is 1.38 bits per heavy atom. The Morgan fingerprint density at radius 3 is 2.62 bits per heavy atom. The highest BCUT2D eigenvalue weighted by Crippen LogP contribution is 2.10. The summed E-state index contributed by atoms with van der Waals surface area (Å²) >= 11 is 0. The van der Waals surface area contributed by atoms with Crippen molar-refractivity contribution in [2.45, 2.75) is 32.4 Å². The fourth-order valence-corrected chi connectivity index (χ4v) is 1.23. The van der Waals surface area contributed by atoms with Crippen molar-refractivity contribution in [3.05, 3.63) is 24.0 Å². The third kappa shape index (κ3) is 4.59.